The van der Waals surface area contributed by atoms with Crippen LogP contribution in [-0.4, -0.2) is 10.2 Å². The van der Waals surface area contributed by atoms with Crippen molar-refractivity contribution in [3.8, 4) is 22.6 Å². The van der Waals surface area contributed by atoms with E-state index in [0.717, 1.165) is 21.5 Å². The van der Waals surface area contributed by atoms with Crippen molar-refractivity contribution in [2.75, 3.05) is 0 Å². The maximum Gasteiger partial charge on any atom is 0.116 e. The van der Waals surface area contributed by atoms with Crippen LogP contribution >= 0.6 is 0 Å². The fourth-order valence-corrected chi connectivity index (χ4v) is 6.27. The molecule has 0 unspecified atom stereocenters. The van der Waals surface area contributed by atoms with Gasteiger partial charge in [0.2, 0.25) is 0 Å². The van der Waals surface area contributed by atoms with Crippen molar-refractivity contribution < 1.29 is 10.2 Å². The molecular weight excluding hydrogens is 452 g/mol. The first-order chi connectivity index (χ1) is 17.9. The van der Waals surface area contributed by atoms with Gasteiger partial charge in [-0.25, -0.2) is 0 Å². The van der Waals surface area contributed by atoms with Crippen LogP contribution in [0.3, 0.4) is 0 Å². The maximum absolute atomic E-state index is 10.1. The molecule has 1 aliphatic rings. The predicted molar refractivity (Wildman–Crippen MR) is 152 cm³/mol. The third kappa shape index (κ3) is 3.12. The number of fused-ring (bicyclic) bond motifs is 5. The Morgan fingerprint density at radius 3 is 1.30 bits per heavy atom. The summed E-state index contributed by atoms with van der Waals surface area (Å²) < 4.78 is 0. The van der Waals surface area contributed by atoms with E-state index in [2.05, 4.69) is 86.6 Å². The van der Waals surface area contributed by atoms with Crippen molar-refractivity contribution in [1.82, 2.24) is 0 Å². The van der Waals surface area contributed by atoms with Gasteiger partial charge >= 0.3 is 0 Å². The van der Waals surface area contributed by atoms with Crippen molar-refractivity contribution >= 4 is 21.5 Å². The Bertz CT molecular complexity index is 1740. The van der Waals surface area contributed by atoms with Crippen LogP contribution in [0.4, 0.5) is 0 Å². The molecule has 0 aliphatic heterocycles. The van der Waals surface area contributed by atoms with Crippen LogP contribution in [-0.2, 0) is 5.41 Å². The van der Waals surface area contributed by atoms with Gasteiger partial charge < -0.3 is 10.2 Å². The third-order valence-electron chi connectivity index (χ3n) is 7.96. The molecule has 0 heterocycles. The van der Waals surface area contributed by atoms with Crippen molar-refractivity contribution in [1.29, 1.82) is 0 Å². The summed E-state index contributed by atoms with van der Waals surface area (Å²) in [6, 6.07) is 38.0. The van der Waals surface area contributed by atoms with E-state index in [1.54, 1.807) is 12.1 Å². The average Bonchev–Trinajstić information content (AvgIpc) is 3.17. The second kappa shape index (κ2) is 7.72. The van der Waals surface area contributed by atoms with Gasteiger partial charge in [-0.2, -0.15) is 0 Å². The molecule has 0 fully saturated rings. The van der Waals surface area contributed by atoms with E-state index in [1.165, 1.54) is 44.5 Å². The highest BCUT2D eigenvalue weighted by Crippen LogP contribution is 2.57. The average molecular weight is 479 g/mol. The van der Waals surface area contributed by atoms with Gasteiger partial charge in [0.1, 0.15) is 11.5 Å². The zero-order valence-electron chi connectivity index (χ0n) is 20.8. The molecule has 0 bridgehead atoms. The van der Waals surface area contributed by atoms with Gasteiger partial charge in [0, 0.05) is 0 Å². The smallest absolute Gasteiger partial charge is 0.116 e. The topological polar surface area (TPSA) is 40.5 Å². The SMILES string of the molecule is Cc1ccc2c(c1)C(c1ccc3cc(O)ccc3c1)(c1ccc3cc(O)ccc3c1)c1cc(C)ccc1-2. The highest BCUT2D eigenvalue weighted by molar-refractivity contribution is 5.92. The molecule has 7 rings (SSSR count). The summed E-state index contributed by atoms with van der Waals surface area (Å²) in [6.07, 6.45) is 0. The highest BCUT2D eigenvalue weighted by atomic mass is 16.3. The summed E-state index contributed by atoms with van der Waals surface area (Å²) in [7, 11) is 0. The van der Waals surface area contributed by atoms with Crippen LogP contribution < -0.4 is 0 Å². The number of rotatable bonds is 2. The quantitative estimate of drug-likeness (QED) is 0.262. The van der Waals surface area contributed by atoms with E-state index in [1.807, 2.05) is 24.3 Å². The first kappa shape index (κ1) is 21.7. The molecule has 0 amide bonds. The van der Waals surface area contributed by atoms with E-state index >= 15 is 0 Å². The Morgan fingerprint density at radius 2 is 0.838 bits per heavy atom. The van der Waals surface area contributed by atoms with Gasteiger partial charge in [-0.1, -0.05) is 83.9 Å². The van der Waals surface area contributed by atoms with Gasteiger partial charge in [0.25, 0.3) is 0 Å². The van der Waals surface area contributed by atoms with Crippen molar-refractivity contribution in [2.45, 2.75) is 19.3 Å². The fourth-order valence-electron chi connectivity index (χ4n) is 6.27. The summed E-state index contributed by atoms with van der Waals surface area (Å²) in [4.78, 5) is 0. The molecule has 0 saturated heterocycles. The van der Waals surface area contributed by atoms with Crippen molar-refractivity contribution in [2.24, 2.45) is 0 Å². The summed E-state index contributed by atoms with van der Waals surface area (Å²) in [5, 5.41) is 24.3. The monoisotopic (exact) mass is 478 g/mol. The summed E-state index contributed by atoms with van der Waals surface area (Å²) in [6.45, 7) is 4.32. The predicted octanol–water partition coefficient (Wildman–Crippen LogP) is 8.38. The lowest BCUT2D eigenvalue weighted by atomic mass is 9.67. The van der Waals surface area contributed by atoms with Crippen LogP contribution in [0.25, 0.3) is 32.7 Å². The van der Waals surface area contributed by atoms with E-state index in [-0.39, 0.29) is 11.5 Å². The molecule has 0 atom stereocenters. The summed E-state index contributed by atoms with van der Waals surface area (Å²) in [5.41, 5.74) is 9.41. The molecule has 0 aromatic heterocycles. The van der Waals surface area contributed by atoms with E-state index in [0.29, 0.717) is 0 Å². The van der Waals surface area contributed by atoms with Gasteiger partial charge in [-0.15, -0.1) is 0 Å². The minimum absolute atomic E-state index is 0.274. The van der Waals surface area contributed by atoms with Crippen LogP contribution in [0.2, 0.25) is 0 Å². The largest absolute Gasteiger partial charge is 0.508 e. The van der Waals surface area contributed by atoms with E-state index in [4.69, 9.17) is 0 Å². The van der Waals surface area contributed by atoms with E-state index < -0.39 is 5.41 Å². The molecule has 37 heavy (non-hydrogen) atoms. The second-order valence-corrected chi connectivity index (χ2v) is 10.3. The first-order valence-electron chi connectivity index (χ1n) is 12.6. The number of phenolic OH excluding ortho intramolecular Hbond substituents is 2. The Morgan fingerprint density at radius 1 is 0.432 bits per heavy atom. The van der Waals surface area contributed by atoms with Crippen LogP contribution in [0.15, 0.2) is 109 Å². The van der Waals surface area contributed by atoms with Crippen molar-refractivity contribution in [3.63, 3.8) is 0 Å². The Kier molecular flexibility index (Phi) is 4.53. The lowest BCUT2D eigenvalue weighted by Crippen LogP contribution is -2.28. The number of hydrogen-bond acceptors (Lipinski definition) is 2. The number of aryl methyl sites for hydroxylation is 2. The molecule has 0 spiro atoms. The highest BCUT2D eigenvalue weighted by Gasteiger charge is 2.46. The molecule has 6 aromatic carbocycles. The molecular formula is C35H26O2. The van der Waals surface area contributed by atoms with E-state index in [9.17, 15) is 10.2 Å². The molecule has 2 N–H and O–H groups in total. The summed E-state index contributed by atoms with van der Waals surface area (Å²) in [5.74, 6) is 0.547. The Balaban J connectivity index is 1.64. The molecule has 6 aromatic rings. The molecule has 0 radical (unpaired) electrons. The standard InChI is InChI=1S/C35H26O2/c1-21-3-13-31-32-14-4-22(2)16-34(32)35(33(31)15-21,27-9-5-25-19-29(36)11-7-23(25)17-27)28-10-6-26-20-30(37)12-8-24(26)18-28/h3-20,36-37H,1-2H3. The van der Waals surface area contributed by atoms with Gasteiger partial charge in [0.15, 0.2) is 0 Å². The minimum Gasteiger partial charge on any atom is -0.508 e. The Labute approximate surface area is 216 Å². The molecule has 0 saturated carbocycles. The lowest BCUT2D eigenvalue weighted by Gasteiger charge is -2.34. The third-order valence-corrected chi connectivity index (χ3v) is 7.96. The Hall–Kier alpha value is -4.56. The minimum atomic E-state index is -0.513. The number of aromatic hydroxyl groups is 2. The molecule has 2 heteroatoms. The number of phenols is 2. The zero-order chi connectivity index (χ0) is 25.3. The van der Waals surface area contributed by atoms with Gasteiger partial charge in [-0.05, 0) is 105 Å². The first-order valence-corrected chi connectivity index (χ1v) is 12.6. The molecule has 178 valence electrons. The second-order valence-electron chi connectivity index (χ2n) is 10.3. The number of hydrogen-bond donors (Lipinski definition) is 2. The normalized spacial score (nSPS) is 13.6. The molecule has 2 nitrogen and oxygen atoms in total. The molecule has 1 aliphatic carbocycles. The fraction of sp³-hybridized carbons (Fsp3) is 0.0857. The van der Waals surface area contributed by atoms with Crippen LogP contribution in [0.5, 0.6) is 11.5 Å². The number of benzene rings is 6. The zero-order valence-corrected chi connectivity index (χ0v) is 20.8. The van der Waals surface area contributed by atoms with Gasteiger partial charge in [0.05, 0.1) is 5.41 Å². The van der Waals surface area contributed by atoms with Crippen LogP contribution in [0, 0.1) is 13.8 Å². The van der Waals surface area contributed by atoms with Crippen molar-refractivity contribution in [3.05, 3.63) is 143 Å². The maximum atomic E-state index is 10.1. The summed E-state index contributed by atoms with van der Waals surface area (Å²) >= 11 is 0. The van der Waals surface area contributed by atoms with Gasteiger partial charge in [-0.3, -0.25) is 0 Å². The van der Waals surface area contributed by atoms with Crippen LogP contribution in [0.1, 0.15) is 33.4 Å². The lowest BCUT2D eigenvalue weighted by molar-refractivity contribution is 0.475.